The lowest BCUT2D eigenvalue weighted by atomic mass is 10.2. The van der Waals surface area contributed by atoms with Crippen molar-refractivity contribution in [3.8, 4) is 17.4 Å². The van der Waals surface area contributed by atoms with E-state index in [2.05, 4.69) is 10.3 Å². The number of nitrogens with zero attached hydrogens (tertiary/aromatic N) is 1. The zero-order chi connectivity index (χ0) is 15.1. The Labute approximate surface area is 124 Å². The second-order valence-corrected chi connectivity index (χ2v) is 4.34. The average molecular weight is 288 g/mol. The van der Waals surface area contributed by atoms with Crippen molar-refractivity contribution in [1.82, 2.24) is 4.98 Å². The maximum Gasteiger partial charge on any atom is 0.212 e. The third-order valence-corrected chi connectivity index (χ3v) is 2.93. The van der Waals surface area contributed by atoms with E-state index in [0.29, 0.717) is 24.8 Å². The van der Waals surface area contributed by atoms with Crippen LogP contribution in [0.25, 0.3) is 0 Å². The molecule has 0 aliphatic carbocycles. The highest BCUT2D eigenvalue weighted by Gasteiger charge is 2.07. The van der Waals surface area contributed by atoms with Gasteiger partial charge in [-0.25, -0.2) is 4.98 Å². The molecule has 21 heavy (non-hydrogen) atoms. The molecular weight excluding hydrogens is 268 g/mol. The minimum Gasteiger partial charge on any atom is -0.490 e. The van der Waals surface area contributed by atoms with E-state index in [0.717, 1.165) is 17.0 Å². The van der Waals surface area contributed by atoms with E-state index < -0.39 is 0 Å². The Balaban J connectivity index is 2.07. The second-order valence-electron chi connectivity index (χ2n) is 4.34. The quantitative estimate of drug-likeness (QED) is 0.848. The Kier molecular flexibility index (Phi) is 5.26. The lowest BCUT2D eigenvalue weighted by molar-refractivity contribution is 0.269. The van der Waals surface area contributed by atoms with Crippen LogP contribution in [0.5, 0.6) is 17.4 Å². The Bertz CT molecular complexity index is 570. The summed E-state index contributed by atoms with van der Waals surface area (Å²) >= 11 is 0. The first-order valence-corrected chi connectivity index (χ1v) is 6.83. The largest absolute Gasteiger partial charge is 0.490 e. The molecular formula is C16H20N2O3. The second kappa shape index (κ2) is 7.38. The van der Waals surface area contributed by atoms with Crippen LogP contribution in [0.15, 0.2) is 36.5 Å². The molecule has 0 fully saturated rings. The molecule has 0 saturated carbocycles. The summed E-state index contributed by atoms with van der Waals surface area (Å²) in [4.78, 5) is 4.15. The third kappa shape index (κ3) is 4.02. The van der Waals surface area contributed by atoms with Crippen LogP contribution < -0.4 is 19.5 Å². The van der Waals surface area contributed by atoms with E-state index in [1.165, 1.54) is 0 Å². The van der Waals surface area contributed by atoms with Crippen molar-refractivity contribution in [3.05, 3.63) is 42.1 Å². The summed E-state index contributed by atoms with van der Waals surface area (Å²) in [5.41, 5.74) is 1.95. The zero-order valence-corrected chi connectivity index (χ0v) is 12.6. The molecule has 0 bridgehead atoms. The SMILES string of the molecule is CCOc1cc(NC)ccc1OCc1ccc(OC)nc1. The molecule has 5 nitrogen and oxygen atoms in total. The van der Waals surface area contributed by atoms with Crippen LogP contribution in [0.4, 0.5) is 5.69 Å². The van der Waals surface area contributed by atoms with Crippen LogP contribution in [-0.4, -0.2) is 25.7 Å². The fraction of sp³-hybridized carbons (Fsp3) is 0.312. The number of ether oxygens (including phenoxy) is 3. The van der Waals surface area contributed by atoms with Gasteiger partial charge < -0.3 is 19.5 Å². The van der Waals surface area contributed by atoms with Crippen molar-refractivity contribution >= 4 is 5.69 Å². The molecule has 0 unspecified atom stereocenters. The highest BCUT2D eigenvalue weighted by atomic mass is 16.5. The number of pyridine rings is 1. The highest BCUT2D eigenvalue weighted by Crippen LogP contribution is 2.31. The van der Waals surface area contributed by atoms with Gasteiger partial charge >= 0.3 is 0 Å². The van der Waals surface area contributed by atoms with Crippen molar-refractivity contribution in [2.24, 2.45) is 0 Å². The first kappa shape index (κ1) is 15.0. The molecule has 0 radical (unpaired) electrons. The van der Waals surface area contributed by atoms with Gasteiger partial charge in [0.05, 0.1) is 13.7 Å². The molecule has 1 heterocycles. The average Bonchev–Trinajstić information content (AvgIpc) is 2.54. The normalized spacial score (nSPS) is 10.0. The van der Waals surface area contributed by atoms with Crippen LogP contribution in [0, 0.1) is 0 Å². The Morgan fingerprint density at radius 2 is 1.95 bits per heavy atom. The lowest BCUT2D eigenvalue weighted by Crippen LogP contribution is -2.01. The number of nitrogens with one attached hydrogen (secondary N) is 1. The standard InChI is InChI=1S/C16H20N2O3/c1-4-20-15-9-13(17-2)6-7-14(15)21-11-12-5-8-16(19-3)18-10-12/h5-10,17H,4,11H2,1-3H3. The van der Waals surface area contributed by atoms with E-state index >= 15 is 0 Å². The number of aromatic nitrogens is 1. The summed E-state index contributed by atoms with van der Waals surface area (Å²) in [7, 11) is 3.46. The van der Waals surface area contributed by atoms with Gasteiger partial charge in [-0.05, 0) is 25.1 Å². The minimum atomic E-state index is 0.427. The van der Waals surface area contributed by atoms with Crippen LogP contribution >= 0.6 is 0 Å². The molecule has 1 aromatic heterocycles. The topological polar surface area (TPSA) is 52.6 Å². The van der Waals surface area contributed by atoms with Gasteiger partial charge in [0.1, 0.15) is 6.61 Å². The van der Waals surface area contributed by atoms with Crippen molar-refractivity contribution < 1.29 is 14.2 Å². The predicted octanol–water partition coefficient (Wildman–Crippen LogP) is 3.11. The van der Waals surface area contributed by atoms with Crippen molar-refractivity contribution in [2.45, 2.75) is 13.5 Å². The number of methoxy groups -OCH3 is 1. The summed E-state index contributed by atoms with van der Waals surface area (Å²) < 4.78 is 16.4. The molecule has 1 aromatic carbocycles. The molecule has 0 spiro atoms. The zero-order valence-electron chi connectivity index (χ0n) is 12.6. The van der Waals surface area contributed by atoms with E-state index in [1.807, 2.05) is 44.3 Å². The Morgan fingerprint density at radius 3 is 2.57 bits per heavy atom. The van der Waals surface area contributed by atoms with Gasteiger partial charge in [-0.1, -0.05) is 0 Å². The van der Waals surface area contributed by atoms with E-state index in [9.17, 15) is 0 Å². The molecule has 2 rings (SSSR count). The summed E-state index contributed by atoms with van der Waals surface area (Å²) in [6.45, 7) is 2.97. The van der Waals surface area contributed by atoms with Crippen LogP contribution in [0.3, 0.4) is 0 Å². The highest BCUT2D eigenvalue weighted by molar-refractivity contribution is 5.54. The number of hydrogen-bond acceptors (Lipinski definition) is 5. The summed E-state index contributed by atoms with van der Waals surface area (Å²) in [6.07, 6.45) is 1.74. The van der Waals surface area contributed by atoms with Crippen LogP contribution in [0.2, 0.25) is 0 Å². The molecule has 1 N–H and O–H groups in total. The molecule has 0 aliphatic rings. The summed E-state index contributed by atoms with van der Waals surface area (Å²) in [5, 5.41) is 3.08. The molecule has 0 saturated heterocycles. The van der Waals surface area contributed by atoms with Gasteiger partial charge in [-0.2, -0.15) is 0 Å². The van der Waals surface area contributed by atoms with Crippen molar-refractivity contribution in [2.75, 3.05) is 26.1 Å². The van der Waals surface area contributed by atoms with Crippen LogP contribution in [-0.2, 0) is 6.61 Å². The summed E-state index contributed by atoms with van der Waals surface area (Å²) in [5.74, 6) is 2.03. The van der Waals surface area contributed by atoms with Gasteiger partial charge in [0, 0.05) is 36.6 Å². The van der Waals surface area contributed by atoms with Crippen LogP contribution in [0.1, 0.15) is 12.5 Å². The maximum absolute atomic E-state index is 5.82. The Morgan fingerprint density at radius 1 is 1.10 bits per heavy atom. The van der Waals surface area contributed by atoms with Crippen molar-refractivity contribution in [3.63, 3.8) is 0 Å². The lowest BCUT2D eigenvalue weighted by Gasteiger charge is -2.13. The number of hydrogen-bond donors (Lipinski definition) is 1. The van der Waals surface area contributed by atoms with E-state index in [1.54, 1.807) is 13.3 Å². The van der Waals surface area contributed by atoms with Gasteiger partial charge in [0.15, 0.2) is 11.5 Å². The maximum atomic E-state index is 5.82. The fourth-order valence-electron chi connectivity index (χ4n) is 1.83. The number of rotatable bonds is 7. The van der Waals surface area contributed by atoms with Crippen molar-refractivity contribution in [1.29, 1.82) is 0 Å². The predicted molar refractivity (Wildman–Crippen MR) is 82.3 cm³/mol. The number of anilines is 1. The monoisotopic (exact) mass is 288 g/mol. The minimum absolute atomic E-state index is 0.427. The Hall–Kier alpha value is -2.43. The molecule has 0 atom stereocenters. The molecule has 5 heteroatoms. The number of benzene rings is 1. The fourth-order valence-corrected chi connectivity index (χ4v) is 1.83. The molecule has 0 aliphatic heterocycles. The molecule has 2 aromatic rings. The van der Waals surface area contributed by atoms with Gasteiger partial charge in [0.25, 0.3) is 0 Å². The third-order valence-electron chi connectivity index (χ3n) is 2.93. The van der Waals surface area contributed by atoms with E-state index in [4.69, 9.17) is 14.2 Å². The molecule has 112 valence electrons. The van der Waals surface area contributed by atoms with Gasteiger partial charge in [-0.3, -0.25) is 0 Å². The first-order chi connectivity index (χ1) is 10.3. The molecule has 0 amide bonds. The smallest absolute Gasteiger partial charge is 0.212 e. The first-order valence-electron chi connectivity index (χ1n) is 6.83. The van der Waals surface area contributed by atoms with E-state index in [-0.39, 0.29) is 0 Å². The van der Waals surface area contributed by atoms with Gasteiger partial charge in [-0.15, -0.1) is 0 Å². The summed E-state index contributed by atoms with van der Waals surface area (Å²) in [6, 6.07) is 9.50. The van der Waals surface area contributed by atoms with Gasteiger partial charge in [0.2, 0.25) is 5.88 Å².